The Balaban J connectivity index is 1.95. The summed E-state index contributed by atoms with van der Waals surface area (Å²) in [6.07, 6.45) is 1.54. The molecule has 112 valence electrons. The number of para-hydroxylation sites is 2. The summed E-state index contributed by atoms with van der Waals surface area (Å²) in [5.41, 5.74) is 1.67. The Bertz CT molecular complexity index is 608. The van der Waals surface area contributed by atoms with Crippen molar-refractivity contribution in [1.82, 2.24) is 9.97 Å². The van der Waals surface area contributed by atoms with Gasteiger partial charge in [-0.05, 0) is 25.0 Å². The van der Waals surface area contributed by atoms with Crippen LogP contribution >= 0.6 is 11.8 Å². The van der Waals surface area contributed by atoms with Crippen LogP contribution in [0, 0.1) is 0 Å². The molecule has 2 aromatic rings. The highest BCUT2D eigenvalue weighted by atomic mass is 32.2. The van der Waals surface area contributed by atoms with Gasteiger partial charge in [0, 0.05) is 6.42 Å². The second-order valence-corrected chi connectivity index (χ2v) is 5.83. The Morgan fingerprint density at radius 1 is 1.24 bits per heavy atom. The van der Waals surface area contributed by atoms with Gasteiger partial charge >= 0.3 is 11.9 Å². The zero-order chi connectivity index (χ0) is 15.2. The number of carbonyl (C=O) groups is 2. The molecule has 0 radical (unpaired) electrons. The van der Waals surface area contributed by atoms with Crippen molar-refractivity contribution in [3.8, 4) is 0 Å². The number of nitrogens with one attached hydrogen (secondary N) is 1. The predicted octanol–water partition coefficient (Wildman–Crippen LogP) is 2.75. The molecule has 6 nitrogen and oxygen atoms in total. The van der Waals surface area contributed by atoms with Crippen molar-refractivity contribution in [2.45, 2.75) is 36.1 Å². The first-order valence-corrected chi connectivity index (χ1v) is 7.50. The Kier molecular flexibility index (Phi) is 5.21. The standard InChI is InChI=1S/C14H16N2O4S/c17-12(18)8-4-3-7-11(13(19)20)21-14-15-9-5-1-2-6-10(9)16-14/h1-2,5-6,11H,3-4,7-8H2,(H,15,16)(H,17,18)(H,19,20). The Morgan fingerprint density at radius 3 is 2.67 bits per heavy atom. The number of benzene rings is 1. The van der Waals surface area contributed by atoms with E-state index in [0.29, 0.717) is 24.4 Å². The highest BCUT2D eigenvalue weighted by molar-refractivity contribution is 8.00. The van der Waals surface area contributed by atoms with Crippen LogP contribution < -0.4 is 0 Å². The Morgan fingerprint density at radius 2 is 2.00 bits per heavy atom. The molecule has 0 amide bonds. The predicted molar refractivity (Wildman–Crippen MR) is 79.5 cm³/mol. The van der Waals surface area contributed by atoms with Crippen molar-refractivity contribution in [1.29, 1.82) is 0 Å². The molecular formula is C14H16N2O4S. The number of carboxylic acids is 2. The van der Waals surface area contributed by atoms with Gasteiger partial charge in [0.15, 0.2) is 5.16 Å². The number of nitrogens with zero attached hydrogens (tertiary/aromatic N) is 1. The zero-order valence-electron chi connectivity index (χ0n) is 11.3. The van der Waals surface area contributed by atoms with Gasteiger partial charge in [0.1, 0.15) is 5.25 Å². The first-order chi connectivity index (χ1) is 10.1. The first-order valence-electron chi connectivity index (χ1n) is 6.62. The van der Waals surface area contributed by atoms with E-state index in [0.717, 1.165) is 11.0 Å². The van der Waals surface area contributed by atoms with Gasteiger partial charge in [-0.3, -0.25) is 9.59 Å². The van der Waals surface area contributed by atoms with E-state index in [4.69, 9.17) is 5.11 Å². The van der Waals surface area contributed by atoms with E-state index < -0.39 is 17.2 Å². The third-order valence-electron chi connectivity index (χ3n) is 3.00. The molecule has 1 unspecified atom stereocenters. The van der Waals surface area contributed by atoms with Crippen LogP contribution in [0.4, 0.5) is 0 Å². The van der Waals surface area contributed by atoms with Crippen LogP contribution in [0.15, 0.2) is 29.4 Å². The number of H-pyrrole nitrogens is 1. The number of aliphatic carboxylic acids is 2. The molecular weight excluding hydrogens is 292 g/mol. The van der Waals surface area contributed by atoms with Crippen LogP contribution in [0.5, 0.6) is 0 Å². The van der Waals surface area contributed by atoms with Gasteiger partial charge in [-0.2, -0.15) is 0 Å². The van der Waals surface area contributed by atoms with Gasteiger partial charge < -0.3 is 15.2 Å². The fourth-order valence-corrected chi connectivity index (χ4v) is 2.93. The molecule has 21 heavy (non-hydrogen) atoms. The molecule has 0 saturated carbocycles. The zero-order valence-corrected chi connectivity index (χ0v) is 12.1. The lowest BCUT2D eigenvalue weighted by atomic mass is 10.1. The van der Waals surface area contributed by atoms with E-state index in [1.807, 2.05) is 24.3 Å². The van der Waals surface area contributed by atoms with E-state index in [-0.39, 0.29) is 6.42 Å². The highest BCUT2D eigenvalue weighted by Gasteiger charge is 2.20. The van der Waals surface area contributed by atoms with Crippen LogP contribution in [-0.2, 0) is 9.59 Å². The summed E-state index contributed by atoms with van der Waals surface area (Å²) >= 11 is 1.17. The monoisotopic (exact) mass is 308 g/mol. The Hall–Kier alpha value is -2.02. The van der Waals surface area contributed by atoms with E-state index in [1.165, 1.54) is 11.8 Å². The van der Waals surface area contributed by atoms with E-state index in [9.17, 15) is 14.7 Å². The maximum Gasteiger partial charge on any atom is 0.317 e. The van der Waals surface area contributed by atoms with Crippen LogP contribution in [0.3, 0.4) is 0 Å². The normalized spacial score (nSPS) is 12.4. The second-order valence-electron chi connectivity index (χ2n) is 4.64. The largest absolute Gasteiger partial charge is 0.481 e. The van der Waals surface area contributed by atoms with Crippen molar-refractivity contribution in [3.05, 3.63) is 24.3 Å². The number of aromatic amines is 1. The molecule has 3 N–H and O–H groups in total. The molecule has 7 heteroatoms. The molecule has 0 aliphatic rings. The molecule has 0 spiro atoms. The number of thioether (sulfide) groups is 1. The SMILES string of the molecule is O=C(O)CCCCC(Sc1nc2ccccc2[nH]1)C(=O)O. The molecule has 0 fully saturated rings. The first kappa shape index (κ1) is 15.4. The van der Waals surface area contributed by atoms with Crippen molar-refractivity contribution in [3.63, 3.8) is 0 Å². The lowest BCUT2D eigenvalue weighted by molar-refractivity contribution is -0.137. The summed E-state index contributed by atoms with van der Waals surface area (Å²) in [4.78, 5) is 29.1. The maximum atomic E-state index is 11.3. The third-order valence-corrected chi connectivity index (χ3v) is 4.14. The third kappa shape index (κ3) is 4.49. The minimum absolute atomic E-state index is 0.0711. The lowest BCUT2D eigenvalue weighted by Crippen LogP contribution is -2.16. The summed E-state index contributed by atoms with van der Waals surface area (Å²) in [6, 6.07) is 7.50. The molecule has 0 saturated heterocycles. The van der Waals surface area contributed by atoms with Crippen LogP contribution in [0.1, 0.15) is 25.7 Å². The quantitative estimate of drug-likeness (QED) is 0.512. The summed E-state index contributed by atoms with van der Waals surface area (Å²) < 4.78 is 0. The van der Waals surface area contributed by atoms with E-state index >= 15 is 0 Å². The minimum atomic E-state index is -0.907. The van der Waals surface area contributed by atoms with Crippen molar-refractivity contribution >= 4 is 34.7 Å². The van der Waals surface area contributed by atoms with Gasteiger partial charge in [-0.25, -0.2) is 4.98 Å². The number of imidazole rings is 1. The molecule has 1 aromatic carbocycles. The minimum Gasteiger partial charge on any atom is -0.481 e. The molecule has 1 heterocycles. The molecule has 0 bridgehead atoms. The Labute approximate surface area is 125 Å². The number of fused-ring (bicyclic) bond motifs is 1. The van der Waals surface area contributed by atoms with E-state index in [1.54, 1.807) is 0 Å². The van der Waals surface area contributed by atoms with Crippen LogP contribution in [-0.4, -0.2) is 37.4 Å². The van der Waals surface area contributed by atoms with Crippen molar-refractivity contribution in [2.75, 3.05) is 0 Å². The molecule has 0 aliphatic heterocycles. The lowest BCUT2D eigenvalue weighted by Gasteiger charge is -2.09. The molecule has 0 aliphatic carbocycles. The average molecular weight is 308 g/mol. The number of rotatable bonds is 8. The number of hydrogen-bond acceptors (Lipinski definition) is 4. The molecule has 1 aromatic heterocycles. The van der Waals surface area contributed by atoms with Gasteiger partial charge in [0.25, 0.3) is 0 Å². The van der Waals surface area contributed by atoms with Gasteiger partial charge in [-0.1, -0.05) is 30.3 Å². The van der Waals surface area contributed by atoms with Gasteiger partial charge in [0.05, 0.1) is 11.0 Å². The fourth-order valence-electron chi connectivity index (χ4n) is 1.96. The smallest absolute Gasteiger partial charge is 0.317 e. The number of hydrogen-bond donors (Lipinski definition) is 3. The summed E-state index contributed by atoms with van der Waals surface area (Å²) in [5.74, 6) is -1.76. The van der Waals surface area contributed by atoms with E-state index in [2.05, 4.69) is 9.97 Å². The van der Waals surface area contributed by atoms with Crippen molar-refractivity contribution in [2.24, 2.45) is 0 Å². The fraction of sp³-hybridized carbons (Fsp3) is 0.357. The maximum absolute atomic E-state index is 11.3. The van der Waals surface area contributed by atoms with Crippen molar-refractivity contribution < 1.29 is 19.8 Å². The van der Waals surface area contributed by atoms with Gasteiger partial charge in [0.2, 0.25) is 0 Å². The highest BCUT2D eigenvalue weighted by Crippen LogP contribution is 2.26. The van der Waals surface area contributed by atoms with Crippen LogP contribution in [0.2, 0.25) is 0 Å². The second kappa shape index (κ2) is 7.12. The molecule has 1 atom stereocenters. The summed E-state index contributed by atoms with van der Waals surface area (Å²) in [7, 11) is 0. The van der Waals surface area contributed by atoms with Gasteiger partial charge in [-0.15, -0.1) is 0 Å². The summed E-state index contributed by atoms with van der Waals surface area (Å²) in [5, 5.41) is 17.8. The van der Waals surface area contributed by atoms with Crippen LogP contribution in [0.25, 0.3) is 11.0 Å². The number of unbranched alkanes of at least 4 members (excludes halogenated alkanes) is 1. The average Bonchev–Trinajstić information content (AvgIpc) is 2.84. The topological polar surface area (TPSA) is 103 Å². The molecule has 2 rings (SSSR count). The number of aromatic nitrogens is 2. The number of carboxylic acid groups (broad SMARTS) is 2. The summed E-state index contributed by atoms with van der Waals surface area (Å²) in [6.45, 7) is 0.